The van der Waals surface area contributed by atoms with E-state index in [-0.39, 0.29) is 0 Å². The lowest BCUT2D eigenvalue weighted by atomic mass is 9.92. The summed E-state index contributed by atoms with van der Waals surface area (Å²) in [4.78, 5) is 4.83. The molecule has 3 nitrogen and oxygen atoms in total. The maximum Gasteiger partial charge on any atom is 0.0540 e. The highest BCUT2D eigenvalue weighted by Crippen LogP contribution is 2.48. The Morgan fingerprint density at radius 1 is 0.235 bits per heavy atom. The number of anilines is 8. The van der Waals surface area contributed by atoms with Crippen LogP contribution < -0.4 is 15.1 Å². The number of rotatable bonds is 8. The summed E-state index contributed by atoms with van der Waals surface area (Å²) in [6.45, 7) is 0. The third kappa shape index (κ3) is 9.67. The largest absolute Gasteiger partial charge is 0.355 e. The second-order valence-corrected chi connectivity index (χ2v) is 23.3. The first-order valence-electron chi connectivity index (χ1n) is 28.7. The van der Waals surface area contributed by atoms with Gasteiger partial charge in [-0.25, -0.2) is 0 Å². The molecular formula is C80H53Br2N3. The minimum absolute atomic E-state index is 1.11. The van der Waals surface area contributed by atoms with E-state index in [1.807, 2.05) is 18.2 Å². The molecule has 17 aromatic carbocycles. The second kappa shape index (κ2) is 22.3. The van der Waals surface area contributed by atoms with E-state index in [9.17, 15) is 0 Å². The highest BCUT2D eigenvalue weighted by atomic mass is 79.9. The molecule has 1 N–H and O–H groups in total. The van der Waals surface area contributed by atoms with E-state index >= 15 is 0 Å². The molecule has 0 saturated carbocycles. The number of hydrogen-bond donors (Lipinski definition) is 1. The number of hydrogen-bond acceptors (Lipinski definition) is 3. The van der Waals surface area contributed by atoms with Crippen molar-refractivity contribution in [3.05, 3.63) is 324 Å². The predicted molar refractivity (Wildman–Crippen MR) is 374 cm³/mol. The quantitative estimate of drug-likeness (QED) is 0.153. The van der Waals surface area contributed by atoms with Gasteiger partial charge in [0, 0.05) is 58.9 Å². The topological polar surface area (TPSA) is 18.5 Å². The molecule has 0 unspecified atom stereocenters. The van der Waals surface area contributed by atoms with Gasteiger partial charge >= 0.3 is 0 Å². The van der Waals surface area contributed by atoms with Crippen LogP contribution in [0.4, 0.5) is 45.5 Å². The zero-order chi connectivity index (χ0) is 56.8. The van der Waals surface area contributed by atoms with Crippen LogP contribution >= 0.6 is 31.9 Å². The molecule has 0 heterocycles. The van der Waals surface area contributed by atoms with Crippen LogP contribution in [0, 0.1) is 0 Å². The standard InChI is InChI=1S/C48H32N2.C16H8Br2.C16H13N/c1-3-17-38(18-4-1)49(44-23-11-15-33-13-7-9-21-41(33)44)40-31-36-26-25-35-28-30-46(43-29-27-37(32-40)47(36)48(35)43)50(39-19-5-2-6-20-39)45-24-12-16-34-14-8-10-22-42(34)45;17-12-7-10-2-1-9-4-6-14(18)13-5-3-11(8-12)15(10)16(9)13;1-2-9-14(10-3-1)17-16-12-6-8-13-7-4-5-11-15(13)16/h1-32H;1-8H;1-12,17H. The van der Waals surface area contributed by atoms with E-state index in [2.05, 4.69) is 344 Å². The van der Waals surface area contributed by atoms with Gasteiger partial charge in [-0.1, -0.05) is 256 Å². The molecule has 0 aliphatic rings. The van der Waals surface area contributed by atoms with Crippen LogP contribution in [-0.2, 0) is 0 Å². The number of para-hydroxylation sites is 3. The molecule has 0 aromatic heterocycles. The normalized spacial score (nSPS) is 11.4. The maximum absolute atomic E-state index is 3.65. The van der Waals surface area contributed by atoms with Crippen molar-refractivity contribution in [3.8, 4) is 0 Å². The zero-order valence-corrected chi connectivity index (χ0v) is 49.3. The van der Waals surface area contributed by atoms with Crippen LogP contribution in [0.15, 0.2) is 324 Å². The number of nitrogens with one attached hydrogen (secondary N) is 1. The Morgan fingerprint density at radius 3 is 1.24 bits per heavy atom. The summed E-state index contributed by atoms with van der Waals surface area (Å²) in [7, 11) is 0. The molecule has 0 amide bonds. The Morgan fingerprint density at radius 2 is 0.635 bits per heavy atom. The fourth-order valence-electron chi connectivity index (χ4n) is 12.7. The van der Waals surface area contributed by atoms with Gasteiger partial charge in [-0.3, -0.25) is 0 Å². The first-order chi connectivity index (χ1) is 42.0. The summed E-state index contributed by atoms with van der Waals surface area (Å²) in [5.74, 6) is 0. The summed E-state index contributed by atoms with van der Waals surface area (Å²) < 4.78 is 2.29. The Hall–Kier alpha value is -10.0. The van der Waals surface area contributed by atoms with Crippen molar-refractivity contribution in [2.75, 3.05) is 15.1 Å². The summed E-state index contributed by atoms with van der Waals surface area (Å²) in [6, 6.07) is 113. The Balaban J connectivity index is 0.000000141. The smallest absolute Gasteiger partial charge is 0.0540 e. The van der Waals surface area contributed by atoms with Gasteiger partial charge in [0.05, 0.1) is 17.1 Å². The third-order valence-corrected chi connectivity index (χ3v) is 17.6. The van der Waals surface area contributed by atoms with E-state index in [1.54, 1.807) is 0 Å². The molecule has 0 aliphatic heterocycles. The first-order valence-corrected chi connectivity index (χ1v) is 30.3. The van der Waals surface area contributed by atoms with Crippen LogP contribution in [0.3, 0.4) is 0 Å². The lowest BCUT2D eigenvalue weighted by Crippen LogP contribution is -2.11. The molecule has 0 atom stereocenters. The molecule has 17 rings (SSSR count). The van der Waals surface area contributed by atoms with Crippen molar-refractivity contribution < 1.29 is 0 Å². The fraction of sp³-hybridized carbons (Fsp3) is 0. The molecule has 5 heteroatoms. The van der Waals surface area contributed by atoms with E-state index in [1.165, 1.54) is 108 Å². The van der Waals surface area contributed by atoms with E-state index in [0.29, 0.717) is 0 Å². The Bertz CT molecular complexity index is 5210. The van der Waals surface area contributed by atoms with Crippen molar-refractivity contribution in [3.63, 3.8) is 0 Å². The summed E-state index contributed by atoms with van der Waals surface area (Å²) >= 11 is 7.23. The SMILES string of the molecule is Brc1cc2ccc3ccc(Br)c4ccc(c1)c2c34.c1ccc(N(c2cc3ccc4ccc(N(c5ccccc5)c5cccc6ccccc56)c5ccc(c2)c3c45)c2cccc3ccccc23)cc1.c1ccc(Nc2cccc3ccccc23)cc1. The molecule has 17 aromatic rings. The van der Waals surface area contributed by atoms with Gasteiger partial charge < -0.3 is 15.1 Å². The van der Waals surface area contributed by atoms with Crippen molar-refractivity contribution >= 4 is 174 Å². The van der Waals surface area contributed by atoms with Crippen molar-refractivity contribution in [2.24, 2.45) is 0 Å². The molecule has 0 fully saturated rings. The molecule has 0 spiro atoms. The van der Waals surface area contributed by atoms with Gasteiger partial charge in [-0.05, 0) is 166 Å². The maximum atomic E-state index is 3.65. The highest BCUT2D eigenvalue weighted by molar-refractivity contribution is 9.11. The van der Waals surface area contributed by atoms with Crippen LogP contribution in [0.2, 0.25) is 0 Å². The minimum Gasteiger partial charge on any atom is -0.355 e. The average Bonchev–Trinajstić information content (AvgIpc) is 1.46. The molecule has 402 valence electrons. The summed E-state index contributed by atoms with van der Waals surface area (Å²) in [5, 5.41) is 26.2. The second-order valence-electron chi connectivity index (χ2n) is 21.5. The third-order valence-electron chi connectivity index (χ3n) is 16.5. The van der Waals surface area contributed by atoms with Crippen molar-refractivity contribution in [1.82, 2.24) is 0 Å². The van der Waals surface area contributed by atoms with Gasteiger partial charge in [0.25, 0.3) is 0 Å². The van der Waals surface area contributed by atoms with Gasteiger partial charge in [0.15, 0.2) is 0 Å². The number of benzene rings is 17. The number of nitrogens with zero attached hydrogens (tertiary/aromatic N) is 2. The summed E-state index contributed by atoms with van der Waals surface area (Å²) in [5.41, 5.74) is 9.17. The average molecular weight is 1220 g/mol. The van der Waals surface area contributed by atoms with Gasteiger partial charge in [0.1, 0.15) is 0 Å². The number of fused-ring (bicyclic) bond motifs is 3. The van der Waals surface area contributed by atoms with Crippen LogP contribution in [0.25, 0.3) is 97.0 Å². The minimum atomic E-state index is 1.11. The molecule has 0 saturated heterocycles. The van der Waals surface area contributed by atoms with Gasteiger partial charge in [-0.15, -0.1) is 0 Å². The van der Waals surface area contributed by atoms with Crippen LogP contribution in [-0.4, -0.2) is 0 Å². The monoisotopic (exact) mass is 1210 g/mol. The van der Waals surface area contributed by atoms with E-state index < -0.39 is 0 Å². The first kappa shape index (κ1) is 51.8. The van der Waals surface area contributed by atoms with Crippen LogP contribution in [0.1, 0.15) is 0 Å². The molecule has 0 bridgehead atoms. The molecule has 0 aliphatic carbocycles. The lowest BCUT2D eigenvalue weighted by Gasteiger charge is -2.29. The van der Waals surface area contributed by atoms with Gasteiger partial charge in [-0.2, -0.15) is 0 Å². The molecule has 0 radical (unpaired) electrons. The fourth-order valence-corrected chi connectivity index (χ4v) is 13.6. The van der Waals surface area contributed by atoms with Gasteiger partial charge in [0.2, 0.25) is 0 Å². The molecule has 85 heavy (non-hydrogen) atoms. The number of halogens is 2. The summed E-state index contributed by atoms with van der Waals surface area (Å²) in [6.07, 6.45) is 0. The predicted octanol–water partition coefficient (Wildman–Crippen LogP) is 24.5. The zero-order valence-electron chi connectivity index (χ0n) is 46.2. The highest BCUT2D eigenvalue weighted by Gasteiger charge is 2.22. The lowest BCUT2D eigenvalue weighted by molar-refractivity contribution is 1.31. The Kier molecular flexibility index (Phi) is 13.6. The molecular weight excluding hydrogens is 1160 g/mol. The van der Waals surface area contributed by atoms with E-state index in [0.717, 1.165) is 43.1 Å². The van der Waals surface area contributed by atoms with Crippen molar-refractivity contribution in [2.45, 2.75) is 0 Å². The van der Waals surface area contributed by atoms with Crippen molar-refractivity contribution in [1.29, 1.82) is 0 Å². The van der Waals surface area contributed by atoms with E-state index in [4.69, 9.17) is 0 Å². The Labute approximate surface area is 510 Å². The van der Waals surface area contributed by atoms with Crippen LogP contribution in [0.5, 0.6) is 0 Å².